The maximum absolute atomic E-state index is 5.21. The molecule has 3 heterocycles. The zero-order valence-electron chi connectivity index (χ0n) is 18.9. The number of nitrogens with zero attached hydrogens (tertiary/aromatic N) is 7. The van der Waals surface area contributed by atoms with Crippen LogP contribution in [0.2, 0.25) is 0 Å². The van der Waals surface area contributed by atoms with E-state index in [9.17, 15) is 0 Å². The van der Waals surface area contributed by atoms with E-state index in [1.165, 1.54) is 22.3 Å². The van der Waals surface area contributed by atoms with Gasteiger partial charge in [-0.15, -0.1) is 10.2 Å². The van der Waals surface area contributed by atoms with E-state index < -0.39 is 0 Å². The van der Waals surface area contributed by atoms with Crippen molar-refractivity contribution in [3.63, 3.8) is 0 Å². The highest BCUT2D eigenvalue weighted by Gasteiger charge is 2.50. The molecule has 0 amide bonds. The summed E-state index contributed by atoms with van der Waals surface area (Å²) in [5.74, 6) is 2.27. The van der Waals surface area contributed by atoms with Gasteiger partial charge < -0.3 is 4.74 Å². The zero-order chi connectivity index (χ0) is 22.8. The number of methoxy groups -OCH3 is 1. The van der Waals surface area contributed by atoms with Crippen molar-refractivity contribution in [3.8, 4) is 16.9 Å². The van der Waals surface area contributed by atoms with Gasteiger partial charge in [-0.25, -0.2) is 4.98 Å². The Morgan fingerprint density at radius 1 is 0.879 bits per heavy atom. The molecular weight excluding hydrogens is 414 g/mol. The van der Waals surface area contributed by atoms with Gasteiger partial charge in [0.2, 0.25) is 0 Å². The standard InChI is InChI=1S/C14H13N5O.C11H12N2/c1-20-11-4-2-10(3-5-11)14(6-7-14)12-17-18-13-15-8-9-16-19(12)13;1-9-3-5-10(6-4-9)11-7-12-13(2)8-11/h2-5,8-9H,6-7H2,1H3;3-8H,1-2H3. The van der Waals surface area contributed by atoms with E-state index in [2.05, 4.69) is 68.7 Å². The molecular formula is C25H25N7O. The number of ether oxygens (including phenoxy) is 1. The van der Waals surface area contributed by atoms with Crippen LogP contribution in [0.25, 0.3) is 16.9 Å². The molecule has 1 aliphatic rings. The minimum Gasteiger partial charge on any atom is -0.497 e. The molecule has 0 unspecified atom stereocenters. The smallest absolute Gasteiger partial charge is 0.271 e. The van der Waals surface area contributed by atoms with Crippen LogP contribution in [-0.4, -0.2) is 41.7 Å². The van der Waals surface area contributed by atoms with Gasteiger partial charge in [0.1, 0.15) is 5.75 Å². The van der Waals surface area contributed by atoms with Crippen LogP contribution in [0.4, 0.5) is 0 Å². The number of aryl methyl sites for hydroxylation is 2. The molecule has 8 heteroatoms. The molecule has 3 aromatic heterocycles. The van der Waals surface area contributed by atoms with Gasteiger partial charge in [0.25, 0.3) is 5.78 Å². The Kier molecular flexibility index (Phi) is 5.34. The maximum atomic E-state index is 5.21. The summed E-state index contributed by atoms with van der Waals surface area (Å²) in [4.78, 5) is 4.17. The van der Waals surface area contributed by atoms with Crippen LogP contribution < -0.4 is 4.74 Å². The third kappa shape index (κ3) is 4.07. The Labute approximate surface area is 191 Å². The highest BCUT2D eigenvalue weighted by molar-refractivity contribution is 5.61. The minimum absolute atomic E-state index is 0.0816. The Morgan fingerprint density at radius 3 is 2.27 bits per heavy atom. The summed E-state index contributed by atoms with van der Waals surface area (Å²) < 4.78 is 8.76. The molecule has 8 nitrogen and oxygen atoms in total. The van der Waals surface area contributed by atoms with Gasteiger partial charge in [0.15, 0.2) is 5.82 Å². The van der Waals surface area contributed by atoms with Gasteiger partial charge >= 0.3 is 0 Å². The summed E-state index contributed by atoms with van der Waals surface area (Å²) in [6, 6.07) is 16.6. The molecule has 2 aromatic carbocycles. The van der Waals surface area contributed by atoms with Crippen molar-refractivity contribution in [1.29, 1.82) is 0 Å². The minimum atomic E-state index is -0.0816. The molecule has 166 valence electrons. The summed E-state index contributed by atoms with van der Waals surface area (Å²) in [7, 11) is 3.60. The second-order valence-corrected chi connectivity index (χ2v) is 8.26. The number of rotatable bonds is 4. The lowest BCUT2D eigenvalue weighted by atomic mass is 9.95. The number of benzene rings is 2. The van der Waals surface area contributed by atoms with Crippen molar-refractivity contribution >= 4 is 5.78 Å². The quantitative estimate of drug-likeness (QED) is 0.421. The maximum Gasteiger partial charge on any atom is 0.271 e. The first-order chi connectivity index (χ1) is 16.1. The monoisotopic (exact) mass is 439 g/mol. The molecule has 6 rings (SSSR count). The van der Waals surface area contributed by atoms with Gasteiger partial charge in [0, 0.05) is 18.8 Å². The van der Waals surface area contributed by atoms with E-state index in [1.54, 1.807) is 24.0 Å². The van der Waals surface area contributed by atoms with E-state index in [0.717, 1.165) is 24.4 Å². The molecule has 0 atom stereocenters. The molecule has 0 radical (unpaired) electrons. The first kappa shape index (κ1) is 20.8. The summed E-state index contributed by atoms with van der Waals surface area (Å²) in [5, 5.41) is 16.8. The Bertz CT molecular complexity index is 1370. The molecule has 0 spiro atoms. The highest BCUT2D eigenvalue weighted by Crippen LogP contribution is 2.52. The Morgan fingerprint density at radius 2 is 1.64 bits per heavy atom. The highest BCUT2D eigenvalue weighted by atomic mass is 16.5. The van der Waals surface area contributed by atoms with Crippen LogP contribution in [0, 0.1) is 6.92 Å². The van der Waals surface area contributed by atoms with Gasteiger partial charge in [-0.2, -0.15) is 14.7 Å². The second kappa shape index (κ2) is 8.46. The molecule has 1 saturated carbocycles. The summed E-state index contributed by atoms with van der Waals surface area (Å²) in [6.07, 6.45) is 9.29. The van der Waals surface area contributed by atoms with Crippen LogP contribution in [-0.2, 0) is 12.5 Å². The van der Waals surface area contributed by atoms with Crippen molar-refractivity contribution in [1.82, 2.24) is 34.6 Å². The van der Waals surface area contributed by atoms with E-state index in [-0.39, 0.29) is 5.41 Å². The van der Waals surface area contributed by atoms with Crippen LogP contribution >= 0.6 is 0 Å². The van der Waals surface area contributed by atoms with Crippen LogP contribution in [0.3, 0.4) is 0 Å². The Balaban J connectivity index is 0.000000152. The molecule has 1 fully saturated rings. The molecule has 0 aliphatic heterocycles. The third-order valence-corrected chi connectivity index (χ3v) is 5.97. The first-order valence-electron chi connectivity index (χ1n) is 10.8. The topological polar surface area (TPSA) is 83.0 Å². The molecule has 1 aliphatic carbocycles. The first-order valence-corrected chi connectivity index (χ1v) is 10.8. The predicted molar refractivity (Wildman–Crippen MR) is 125 cm³/mol. The number of fused-ring (bicyclic) bond motifs is 1. The molecule has 0 bridgehead atoms. The van der Waals surface area contributed by atoms with E-state index >= 15 is 0 Å². The summed E-state index contributed by atoms with van der Waals surface area (Å²) in [6.45, 7) is 2.09. The zero-order valence-corrected chi connectivity index (χ0v) is 18.9. The van der Waals surface area contributed by atoms with Crippen molar-refractivity contribution in [2.75, 3.05) is 7.11 Å². The lowest BCUT2D eigenvalue weighted by molar-refractivity contribution is 0.414. The molecule has 0 N–H and O–H groups in total. The molecule has 5 aromatic rings. The van der Waals surface area contributed by atoms with Crippen LogP contribution in [0.1, 0.15) is 29.8 Å². The number of aromatic nitrogens is 7. The van der Waals surface area contributed by atoms with Crippen LogP contribution in [0.15, 0.2) is 73.3 Å². The molecule has 33 heavy (non-hydrogen) atoms. The molecule has 0 saturated heterocycles. The lowest BCUT2D eigenvalue weighted by Crippen LogP contribution is -2.14. The van der Waals surface area contributed by atoms with Crippen molar-refractivity contribution < 1.29 is 4.74 Å². The average molecular weight is 440 g/mol. The fourth-order valence-electron chi connectivity index (χ4n) is 3.95. The Hall–Kier alpha value is -4.07. The van der Waals surface area contributed by atoms with Gasteiger partial charge in [-0.1, -0.05) is 42.0 Å². The number of hydrogen-bond acceptors (Lipinski definition) is 6. The summed E-state index contributed by atoms with van der Waals surface area (Å²) in [5.41, 5.74) is 4.81. The van der Waals surface area contributed by atoms with Gasteiger partial charge in [0.05, 0.1) is 31.1 Å². The van der Waals surface area contributed by atoms with Gasteiger partial charge in [-0.3, -0.25) is 4.68 Å². The third-order valence-electron chi connectivity index (χ3n) is 5.97. The fourth-order valence-corrected chi connectivity index (χ4v) is 3.95. The fraction of sp³-hybridized carbons (Fsp3) is 0.240. The largest absolute Gasteiger partial charge is 0.497 e. The SMILES string of the molecule is COc1ccc(C2(c3nnc4nccnn34)CC2)cc1.Cc1ccc(-c2cnn(C)c2)cc1. The lowest BCUT2D eigenvalue weighted by Gasteiger charge is -2.13. The second-order valence-electron chi connectivity index (χ2n) is 8.26. The average Bonchev–Trinajstić information content (AvgIpc) is 3.34. The van der Waals surface area contributed by atoms with Crippen molar-refractivity contribution in [2.45, 2.75) is 25.2 Å². The normalized spacial score (nSPS) is 13.9. The summed E-state index contributed by atoms with van der Waals surface area (Å²) >= 11 is 0. The van der Waals surface area contributed by atoms with Crippen molar-refractivity contribution in [3.05, 3.63) is 90.3 Å². The van der Waals surface area contributed by atoms with E-state index in [1.807, 2.05) is 36.3 Å². The van der Waals surface area contributed by atoms with Crippen LogP contribution in [0.5, 0.6) is 5.75 Å². The van der Waals surface area contributed by atoms with E-state index in [4.69, 9.17) is 4.74 Å². The number of hydrogen-bond donors (Lipinski definition) is 0. The van der Waals surface area contributed by atoms with E-state index in [0.29, 0.717) is 5.78 Å². The predicted octanol–water partition coefficient (Wildman–Crippen LogP) is 4.00. The van der Waals surface area contributed by atoms with Gasteiger partial charge in [-0.05, 0) is 43.0 Å². The van der Waals surface area contributed by atoms with Crippen molar-refractivity contribution in [2.24, 2.45) is 7.05 Å².